The first-order chi connectivity index (χ1) is 13.9. The average molecular weight is 430 g/mol. The van der Waals surface area contributed by atoms with Crippen LogP contribution in [0, 0.1) is 13.8 Å². The van der Waals surface area contributed by atoms with Crippen molar-refractivity contribution in [2.75, 3.05) is 36.4 Å². The minimum absolute atomic E-state index is 0.397. The molecule has 0 aliphatic carbocycles. The molecule has 3 heterocycles. The Morgan fingerprint density at radius 3 is 2.38 bits per heavy atom. The molecule has 0 spiro atoms. The number of nitrogens with zero attached hydrogens (tertiary/aromatic N) is 4. The number of aromatic nitrogens is 2. The smallest absolute Gasteiger partial charge is 0.252 e. The molecule has 1 fully saturated rings. The highest BCUT2D eigenvalue weighted by atomic mass is 32.2. The van der Waals surface area contributed by atoms with Crippen LogP contribution in [0.25, 0.3) is 0 Å². The zero-order valence-corrected chi connectivity index (χ0v) is 18.0. The highest BCUT2D eigenvalue weighted by Crippen LogP contribution is 2.25. The van der Waals surface area contributed by atoms with Crippen LogP contribution in [-0.2, 0) is 10.0 Å². The maximum Gasteiger partial charge on any atom is 0.252 e. The zero-order chi connectivity index (χ0) is 20.4. The summed E-state index contributed by atoms with van der Waals surface area (Å²) < 4.78 is 27.4. The molecule has 1 aliphatic heterocycles. The summed E-state index contributed by atoms with van der Waals surface area (Å²) in [4.78, 5) is 11.1. The maximum atomic E-state index is 12.7. The van der Waals surface area contributed by atoms with Crippen molar-refractivity contribution in [3.63, 3.8) is 0 Å². The number of rotatable bonds is 5. The van der Waals surface area contributed by atoms with Crippen LogP contribution in [0.5, 0.6) is 0 Å². The van der Waals surface area contributed by atoms with Gasteiger partial charge in [0.15, 0.2) is 0 Å². The van der Waals surface area contributed by atoms with E-state index >= 15 is 0 Å². The number of aryl methyl sites for hydroxylation is 2. The molecule has 1 N–H and O–H groups in total. The van der Waals surface area contributed by atoms with Gasteiger partial charge in [-0.2, -0.15) is 4.31 Å². The summed E-state index contributed by atoms with van der Waals surface area (Å²) in [5, 5.41) is 5.11. The lowest BCUT2D eigenvalue weighted by molar-refractivity contribution is 0.384. The third-order valence-corrected chi connectivity index (χ3v) is 8.07. The molecule has 0 atom stereocenters. The summed E-state index contributed by atoms with van der Waals surface area (Å²) in [7, 11) is -3.40. The molecule has 1 saturated heterocycles. The number of sulfonamides is 1. The number of benzene rings is 1. The zero-order valence-electron chi connectivity index (χ0n) is 16.4. The van der Waals surface area contributed by atoms with Crippen LogP contribution in [0.3, 0.4) is 0 Å². The van der Waals surface area contributed by atoms with Crippen molar-refractivity contribution < 1.29 is 8.42 Å². The first-order valence-corrected chi connectivity index (χ1v) is 11.7. The lowest BCUT2D eigenvalue weighted by atomic mass is 10.2. The van der Waals surface area contributed by atoms with Crippen molar-refractivity contribution in [3.05, 3.63) is 59.2 Å². The molecule has 152 valence electrons. The van der Waals surface area contributed by atoms with Gasteiger partial charge < -0.3 is 10.2 Å². The third kappa shape index (κ3) is 4.42. The Hall–Kier alpha value is -2.49. The van der Waals surface area contributed by atoms with Gasteiger partial charge in [-0.1, -0.05) is 23.8 Å². The second-order valence-corrected chi connectivity index (χ2v) is 10.1. The number of anilines is 3. The molecule has 0 saturated carbocycles. The van der Waals surface area contributed by atoms with Gasteiger partial charge in [-0.05, 0) is 37.4 Å². The number of hydrogen-bond acceptors (Lipinski definition) is 7. The van der Waals surface area contributed by atoms with E-state index < -0.39 is 10.0 Å². The van der Waals surface area contributed by atoms with Gasteiger partial charge in [-0.25, -0.2) is 18.4 Å². The van der Waals surface area contributed by atoms with Crippen LogP contribution in [0.2, 0.25) is 0 Å². The van der Waals surface area contributed by atoms with Crippen molar-refractivity contribution in [2.24, 2.45) is 0 Å². The van der Waals surface area contributed by atoms with E-state index in [1.807, 2.05) is 37.3 Å². The molecule has 0 bridgehead atoms. The molecule has 0 unspecified atom stereocenters. The van der Waals surface area contributed by atoms with Crippen LogP contribution >= 0.6 is 11.3 Å². The minimum Gasteiger partial charge on any atom is -0.354 e. The predicted molar refractivity (Wildman–Crippen MR) is 117 cm³/mol. The third-order valence-electron chi connectivity index (χ3n) is 4.80. The summed E-state index contributed by atoms with van der Waals surface area (Å²) in [6.07, 6.45) is 0. The first kappa shape index (κ1) is 19.8. The fourth-order valence-corrected chi connectivity index (χ4v) is 5.82. The van der Waals surface area contributed by atoms with Crippen molar-refractivity contribution in [1.82, 2.24) is 14.3 Å². The van der Waals surface area contributed by atoms with Crippen molar-refractivity contribution in [2.45, 2.75) is 18.1 Å². The normalized spacial score (nSPS) is 15.4. The summed E-state index contributed by atoms with van der Waals surface area (Å²) in [5.74, 6) is 2.20. The molecular formula is C20H23N5O2S2. The van der Waals surface area contributed by atoms with E-state index in [0.29, 0.717) is 36.2 Å². The van der Waals surface area contributed by atoms with Crippen LogP contribution < -0.4 is 10.2 Å². The van der Waals surface area contributed by atoms with Gasteiger partial charge >= 0.3 is 0 Å². The van der Waals surface area contributed by atoms with Gasteiger partial charge in [0, 0.05) is 37.9 Å². The Labute approximate surface area is 175 Å². The van der Waals surface area contributed by atoms with Gasteiger partial charge in [0.1, 0.15) is 21.7 Å². The lowest BCUT2D eigenvalue weighted by Gasteiger charge is -2.34. The molecule has 0 amide bonds. The standard InChI is InChI=1S/C20H23N5O2S2/c1-15-5-7-17(8-6-15)23-18-14-19(22-16(2)21-18)24-9-11-25(12-10-24)29(26,27)20-4-3-13-28-20/h3-8,13-14H,9-12H2,1-2H3,(H,21,22,23). The van der Waals surface area contributed by atoms with E-state index in [2.05, 4.69) is 27.1 Å². The van der Waals surface area contributed by atoms with Crippen molar-refractivity contribution in [1.29, 1.82) is 0 Å². The minimum atomic E-state index is -3.40. The second-order valence-electron chi connectivity index (χ2n) is 6.97. The van der Waals surface area contributed by atoms with Crippen molar-refractivity contribution >= 4 is 38.7 Å². The Balaban J connectivity index is 1.47. The molecule has 4 rings (SSSR count). The fourth-order valence-electron chi connectivity index (χ4n) is 3.26. The van der Waals surface area contributed by atoms with Crippen molar-refractivity contribution in [3.8, 4) is 0 Å². The van der Waals surface area contributed by atoms with E-state index in [4.69, 9.17) is 0 Å². The molecule has 9 heteroatoms. The number of nitrogens with one attached hydrogen (secondary N) is 1. The van der Waals surface area contributed by atoms with Gasteiger partial charge in [-0.15, -0.1) is 11.3 Å². The van der Waals surface area contributed by atoms with Crippen LogP contribution in [0.1, 0.15) is 11.4 Å². The molecule has 0 radical (unpaired) electrons. The highest BCUT2D eigenvalue weighted by Gasteiger charge is 2.29. The Morgan fingerprint density at radius 2 is 1.72 bits per heavy atom. The Morgan fingerprint density at radius 1 is 1.00 bits per heavy atom. The molecule has 2 aromatic heterocycles. The summed E-state index contributed by atoms with van der Waals surface area (Å²) in [5.41, 5.74) is 2.16. The number of piperazine rings is 1. The van der Waals surface area contributed by atoms with Gasteiger partial charge in [0.2, 0.25) is 0 Å². The molecule has 7 nitrogen and oxygen atoms in total. The monoisotopic (exact) mass is 429 g/mol. The molecule has 29 heavy (non-hydrogen) atoms. The molecular weight excluding hydrogens is 406 g/mol. The van der Waals surface area contributed by atoms with Gasteiger partial charge in [0.25, 0.3) is 10.0 Å². The highest BCUT2D eigenvalue weighted by molar-refractivity contribution is 7.91. The SMILES string of the molecule is Cc1ccc(Nc2cc(N3CCN(S(=O)(=O)c4cccs4)CC3)nc(C)n2)cc1. The number of thiophene rings is 1. The predicted octanol–water partition coefficient (Wildman–Crippen LogP) is 3.41. The van der Waals surface area contributed by atoms with E-state index in [-0.39, 0.29) is 0 Å². The second kappa shape index (κ2) is 8.10. The topological polar surface area (TPSA) is 78.4 Å². The lowest BCUT2D eigenvalue weighted by Crippen LogP contribution is -2.48. The van der Waals surface area contributed by atoms with E-state index in [1.54, 1.807) is 21.8 Å². The molecule has 1 aliphatic rings. The molecule has 3 aromatic rings. The van der Waals surface area contributed by atoms with E-state index in [0.717, 1.165) is 17.3 Å². The van der Waals surface area contributed by atoms with E-state index in [1.165, 1.54) is 16.9 Å². The Kier molecular flexibility index (Phi) is 5.53. The van der Waals surface area contributed by atoms with Gasteiger partial charge in [0.05, 0.1) is 0 Å². The fraction of sp³-hybridized carbons (Fsp3) is 0.300. The quantitative estimate of drug-likeness (QED) is 0.670. The summed E-state index contributed by atoms with van der Waals surface area (Å²) in [6, 6.07) is 13.5. The van der Waals surface area contributed by atoms with E-state index in [9.17, 15) is 8.42 Å². The molecule has 1 aromatic carbocycles. The maximum absolute atomic E-state index is 12.7. The summed E-state index contributed by atoms with van der Waals surface area (Å²) >= 11 is 1.25. The summed E-state index contributed by atoms with van der Waals surface area (Å²) in [6.45, 7) is 5.96. The van der Waals surface area contributed by atoms with Crippen LogP contribution in [-0.4, -0.2) is 48.9 Å². The van der Waals surface area contributed by atoms with Gasteiger partial charge in [-0.3, -0.25) is 0 Å². The van der Waals surface area contributed by atoms with Crippen LogP contribution in [0.15, 0.2) is 52.1 Å². The van der Waals surface area contributed by atoms with Crippen LogP contribution in [0.4, 0.5) is 17.3 Å². The Bertz CT molecular complexity index is 1070. The number of hydrogen-bond donors (Lipinski definition) is 1. The first-order valence-electron chi connectivity index (χ1n) is 9.40. The largest absolute Gasteiger partial charge is 0.354 e. The average Bonchev–Trinajstić information content (AvgIpc) is 3.25.